The molecule has 0 unspecified atom stereocenters. The smallest absolute Gasteiger partial charge is 0.115 e. The molecule has 18 heavy (non-hydrogen) atoms. The minimum Gasteiger partial charge on any atom is -0.508 e. The van der Waals surface area contributed by atoms with Gasteiger partial charge in [-0.15, -0.1) is 0 Å². The number of rotatable bonds is 8. The van der Waals surface area contributed by atoms with E-state index in [4.69, 9.17) is 5.11 Å². The number of para-hydroxylation sites is 1. The van der Waals surface area contributed by atoms with Crippen molar-refractivity contribution in [2.45, 2.75) is 71.6 Å². The van der Waals surface area contributed by atoms with Crippen molar-refractivity contribution < 1.29 is 5.11 Å². The van der Waals surface area contributed by atoms with Crippen molar-refractivity contribution >= 4 is 0 Å². The van der Waals surface area contributed by atoms with Crippen molar-refractivity contribution in [1.82, 2.24) is 0 Å². The van der Waals surface area contributed by atoms with Gasteiger partial charge in [0, 0.05) is 0 Å². The van der Waals surface area contributed by atoms with Gasteiger partial charge in [-0.05, 0) is 12.1 Å². The van der Waals surface area contributed by atoms with Gasteiger partial charge in [-0.1, -0.05) is 89.8 Å². The van der Waals surface area contributed by atoms with E-state index in [1.807, 2.05) is 6.07 Å². The third-order valence-electron chi connectivity index (χ3n) is 2.96. The fourth-order valence-corrected chi connectivity index (χ4v) is 1.81. The second-order valence-corrected chi connectivity index (χ2v) is 4.81. The van der Waals surface area contributed by atoms with Crippen LogP contribution < -0.4 is 0 Å². The minimum absolute atomic E-state index is 0.322. The van der Waals surface area contributed by atoms with Crippen molar-refractivity contribution in [2.75, 3.05) is 0 Å². The molecular weight excluding hydrogens is 220 g/mol. The van der Waals surface area contributed by atoms with Crippen molar-refractivity contribution in [3.63, 3.8) is 0 Å². The predicted molar refractivity (Wildman–Crippen MR) is 81.0 cm³/mol. The Hall–Kier alpha value is -0.980. The van der Waals surface area contributed by atoms with E-state index >= 15 is 0 Å². The Morgan fingerprint density at radius 3 is 1.33 bits per heavy atom. The SMILES string of the molecule is CCCCCCCCCCC.Oc1ccccc1. The molecule has 0 saturated carbocycles. The standard InChI is InChI=1S/C11H24.C6H6O/c1-3-5-7-9-11-10-8-6-4-2;7-6-4-2-1-3-5-6/h3-11H2,1-2H3;1-5,7H. The first-order valence-corrected chi connectivity index (χ1v) is 7.55. The molecule has 1 rings (SSSR count). The van der Waals surface area contributed by atoms with E-state index in [1.54, 1.807) is 24.3 Å². The van der Waals surface area contributed by atoms with E-state index in [0.717, 1.165) is 0 Å². The molecule has 1 N–H and O–H groups in total. The van der Waals surface area contributed by atoms with Crippen LogP contribution in [0.25, 0.3) is 0 Å². The number of aromatic hydroxyl groups is 1. The van der Waals surface area contributed by atoms with Crippen LogP contribution in [0, 0.1) is 0 Å². The summed E-state index contributed by atoms with van der Waals surface area (Å²) in [5.41, 5.74) is 0. The molecule has 0 radical (unpaired) electrons. The molecule has 0 aromatic heterocycles. The van der Waals surface area contributed by atoms with Crippen LogP contribution in [0.5, 0.6) is 5.75 Å². The lowest BCUT2D eigenvalue weighted by Gasteiger charge is -1.98. The van der Waals surface area contributed by atoms with E-state index in [2.05, 4.69) is 13.8 Å². The summed E-state index contributed by atoms with van der Waals surface area (Å²) in [6.07, 6.45) is 13.0. The van der Waals surface area contributed by atoms with E-state index in [-0.39, 0.29) is 0 Å². The Morgan fingerprint density at radius 1 is 0.667 bits per heavy atom. The molecule has 0 spiro atoms. The fraction of sp³-hybridized carbons (Fsp3) is 0.647. The molecule has 0 saturated heterocycles. The Labute approximate surface area is 113 Å². The van der Waals surface area contributed by atoms with E-state index in [0.29, 0.717) is 5.75 Å². The Kier molecular flexibility index (Phi) is 13.3. The lowest BCUT2D eigenvalue weighted by atomic mass is 10.1. The van der Waals surface area contributed by atoms with Crippen LogP contribution in [-0.2, 0) is 0 Å². The summed E-state index contributed by atoms with van der Waals surface area (Å²) in [5.74, 6) is 0.322. The predicted octanol–water partition coefficient (Wildman–Crippen LogP) is 5.93. The highest BCUT2D eigenvalue weighted by atomic mass is 16.3. The van der Waals surface area contributed by atoms with E-state index in [1.165, 1.54) is 57.8 Å². The topological polar surface area (TPSA) is 20.2 Å². The first kappa shape index (κ1) is 17.0. The van der Waals surface area contributed by atoms with Crippen LogP contribution in [0.15, 0.2) is 30.3 Å². The van der Waals surface area contributed by atoms with Gasteiger partial charge in [0.2, 0.25) is 0 Å². The van der Waals surface area contributed by atoms with Gasteiger partial charge >= 0.3 is 0 Å². The van der Waals surface area contributed by atoms with Gasteiger partial charge in [0.25, 0.3) is 0 Å². The van der Waals surface area contributed by atoms with Crippen molar-refractivity contribution in [2.24, 2.45) is 0 Å². The van der Waals surface area contributed by atoms with Gasteiger partial charge in [0.1, 0.15) is 5.75 Å². The maximum absolute atomic E-state index is 8.63. The molecule has 0 amide bonds. The maximum Gasteiger partial charge on any atom is 0.115 e. The molecule has 1 aromatic carbocycles. The normalized spacial score (nSPS) is 9.67. The van der Waals surface area contributed by atoms with Gasteiger partial charge < -0.3 is 5.11 Å². The molecule has 1 heteroatoms. The molecule has 0 aliphatic carbocycles. The van der Waals surface area contributed by atoms with E-state index < -0.39 is 0 Å². The Balaban J connectivity index is 0.000000351. The largest absolute Gasteiger partial charge is 0.508 e. The highest BCUT2D eigenvalue weighted by Crippen LogP contribution is 2.08. The van der Waals surface area contributed by atoms with Gasteiger partial charge in [-0.2, -0.15) is 0 Å². The van der Waals surface area contributed by atoms with Crippen LogP contribution in [0.1, 0.15) is 71.6 Å². The summed E-state index contributed by atoms with van der Waals surface area (Å²) in [4.78, 5) is 0. The molecule has 104 valence electrons. The zero-order valence-corrected chi connectivity index (χ0v) is 12.2. The monoisotopic (exact) mass is 250 g/mol. The molecule has 0 aliphatic rings. The average Bonchev–Trinajstić information content (AvgIpc) is 2.39. The van der Waals surface area contributed by atoms with Crippen LogP contribution in [0.3, 0.4) is 0 Å². The third kappa shape index (κ3) is 13.1. The van der Waals surface area contributed by atoms with Crippen LogP contribution in [-0.4, -0.2) is 5.11 Å². The maximum atomic E-state index is 8.63. The fourth-order valence-electron chi connectivity index (χ4n) is 1.81. The quantitative estimate of drug-likeness (QED) is 0.567. The van der Waals surface area contributed by atoms with Crippen LogP contribution in [0.4, 0.5) is 0 Å². The molecule has 0 fully saturated rings. The van der Waals surface area contributed by atoms with Gasteiger partial charge in [0.15, 0.2) is 0 Å². The molecule has 0 atom stereocenters. The highest BCUT2D eigenvalue weighted by Gasteiger charge is 1.89. The zero-order valence-electron chi connectivity index (χ0n) is 12.2. The number of hydrogen-bond acceptors (Lipinski definition) is 1. The number of benzene rings is 1. The molecule has 0 heterocycles. The summed E-state index contributed by atoms with van der Waals surface area (Å²) in [5, 5.41) is 8.63. The van der Waals surface area contributed by atoms with Crippen LogP contribution >= 0.6 is 0 Å². The Bertz CT molecular complexity index is 235. The summed E-state index contributed by atoms with van der Waals surface area (Å²) in [6, 6.07) is 8.71. The number of phenolic OH excluding ortho intramolecular Hbond substituents is 1. The molecule has 1 aromatic rings. The summed E-state index contributed by atoms with van der Waals surface area (Å²) < 4.78 is 0. The molecule has 0 bridgehead atoms. The summed E-state index contributed by atoms with van der Waals surface area (Å²) in [7, 11) is 0. The molecule has 0 aliphatic heterocycles. The second kappa shape index (κ2) is 14.1. The third-order valence-corrected chi connectivity index (χ3v) is 2.96. The van der Waals surface area contributed by atoms with Gasteiger partial charge in [-0.3, -0.25) is 0 Å². The number of hydrogen-bond donors (Lipinski definition) is 1. The van der Waals surface area contributed by atoms with E-state index in [9.17, 15) is 0 Å². The average molecular weight is 250 g/mol. The molecule has 1 nitrogen and oxygen atoms in total. The summed E-state index contributed by atoms with van der Waals surface area (Å²) >= 11 is 0. The molecular formula is C17H30O. The first-order chi connectivity index (χ1) is 8.81. The first-order valence-electron chi connectivity index (χ1n) is 7.55. The van der Waals surface area contributed by atoms with Crippen molar-refractivity contribution in [1.29, 1.82) is 0 Å². The van der Waals surface area contributed by atoms with Gasteiger partial charge in [-0.25, -0.2) is 0 Å². The van der Waals surface area contributed by atoms with Crippen molar-refractivity contribution in [3.05, 3.63) is 30.3 Å². The Morgan fingerprint density at radius 2 is 1.06 bits per heavy atom. The van der Waals surface area contributed by atoms with Gasteiger partial charge in [0.05, 0.1) is 0 Å². The number of unbranched alkanes of at least 4 members (excludes halogenated alkanes) is 8. The lowest BCUT2D eigenvalue weighted by Crippen LogP contribution is -1.79. The number of phenols is 1. The minimum atomic E-state index is 0.322. The highest BCUT2D eigenvalue weighted by molar-refractivity contribution is 5.18. The second-order valence-electron chi connectivity index (χ2n) is 4.81. The summed E-state index contributed by atoms with van der Waals surface area (Å²) in [6.45, 7) is 4.55. The van der Waals surface area contributed by atoms with Crippen molar-refractivity contribution in [3.8, 4) is 5.75 Å². The lowest BCUT2D eigenvalue weighted by molar-refractivity contribution is 0.475. The zero-order chi connectivity index (χ0) is 13.5. The van der Waals surface area contributed by atoms with Crippen LogP contribution in [0.2, 0.25) is 0 Å².